The third-order valence-electron chi connectivity index (χ3n) is 2.73. The zero-order valence-electron chi connectivity index (χ0n) is 11.0. The highest BCUT2D eigenvalue weighted by Crippen LogP contribution is 2.30. The Bertz CT molecular complexity index is 550. The van der Waals surface area contributed by atoms with Gasteiger partial charge in [0.2, 0.25) is 0 Å². The van der Waals surface area contributed by atoms with E-state index in [1.165, 1.54) is 0 Å². The SMILES string of the molecule is CN(C)c1cccc2c(Br)nc(C(C)(C)C)n12. The van der Waals surface area contributed by atoms with Gasteiger partial charge in [0.25, 0.3) is 0 Å². The second-order valence-corrected chi connectivity index (χ2v) is 6.23. The van der Waals surface area contributed by atoms with E-state index in [1.807, 2.05) is 0 Å². The molecule has 0 aliphatic heterocycles. The highest BCUT2D eigenvalue weighted by atomic mass is 79.9. The Morgan fingerprint density at radius 3 is 2.41 bits per heavy atom. The number of rotatable bonds is 1. The summed E-state index contributed by atoms with van der Waals surface area (Å²) in [5.74, 6) is 2.22. The normalized spacial score (nSPS) is 12.1. The molecule has 0 saturated carbocycles. The number of fused-ring (bicyclic) bond motifs is 1. The summed E-state index contributed by atoms with van der Waals surface area (Å²) in [5.41, 5.74) is 1.13. The Balaban J connectivity index is 2.86. The Morgan fingerprint density at radius 2 is 1.88 bits per heavy atom. The van der Waals surface area contributed by atoms with E-state index in [9.17, 15) is 0 Å². The summed E-state index contributed by atoms with van der Waals surface area (Å²) in [4.78, 5) is 6.76. The van der Waals surface area contributed by atoms with Crippen molar-refractivity contribution in [3.05, 3.63) is 28.6 Å². The van der Waals surface area contributed by atoms with E-state index in [0.29, 0.717) is 0 Å². The summed E-state index contributed by atoms with van der Waals surface area (Å²) in [6.45, 7) is 6.54. The fourth-order valence-electron chi connectivity index (χ4n) is 1.93. The average Bonchev–Trinajstić information content (AvgIpc) is 2.56. The van der Waals surface area contributed by atoms with Gasteiger partial charge in [-0.3, -0.25) is 4.40 Å². The molecule has 2 aromatic heterocycles. The lowest BCUT2D eigenvalue weighted by atomic mass is 9.96. The molecule has 0 amide bonds. The van der Waals surface area contributed by atoms with E-state index in [1.54, 1.807) is 0 Å². The number of imidazole rings is 1. The number of nitrogens with zero attached hydrogens (tertiary/aromatic N) is 3. The topological polar surface area (TPSA) is 20.5 Å². The molecular formula is C13H18BrN3. The van der Waals surface area contributed by atoms with E-state index in [4.69, 9.17) is 0 Å². The van der Waals surface area contributed by atoms with Gasteiger partial charge in [0, 0.05) is 19.5 Å². The zero-order valence-corrected chi connectivity index (χ0v) is 12.5. The number of pyridine rings is 1. The second kappa shape index (κ2) is 4.02. The molecule has 0 fully saturated rings. The summed E-state index contributed by atoms with van der Waals surface area (Å²) in [6.07, 6.45) is 0. The molecule has 0 N–H and O–H groups in total. The maximum Gasteiger partial charge on any atom is 0.132 e. The van der Waals surface area contributed by atoms with Crippen LogP contribution in [0.4, 0.5) is 5.82 Å². The van der Waals surface area contributed by atoms with Crippen molar-refractivity contribution in [1.82, 2.24) is 9.38 Å². The predicted molar refractivity (Wildman–Crippen MR) is 75.9 cm³/mol. The van der Waals surface area contributed by atoms with Gasteiger partial charge in [-0.15, -0.1) is 0 Å². The van der Waals surface area contributed by atoms with Gasteiger partial charge in [0.1, 0.15) is 16.2 Å². The van der Waals surface area contributed by atoms with Crippen molar-refractivity contribution in [2.45, 2.75) is 26.2 Å². The summed E-state index contributed by atoms with van der Waals surface area (Å²) in [6, 6.07) is 6.25. The number of halogens is 1. The fourth-order valence-corrected chi connectivity index (χ4v) is 2.41. The first kappa shape index (κ1) is 12.4. The van der Waals surface area contributed by atoms with E-state index in [-0.39, 0.29) is 5.41 Å². The lowest BCUT2D eigenvalue weighted by Crippen LogP contribution is -2.20. The molecule has 3 nitrogen and oxygen atoms in total. The molecule has 0 bridgehead atoms. The van der Waals surface area contributed by atoms with E-state index in [0.717, 1.165) is 21.8 Å². The molecule has 2 rings (SSSR count). The third kappa shape index (κ3) is 2.06. The van der Waals surface area contributed by atoms with Gasteiger partial charge >= 0.3 is 0 Å². The number of hydrogen-bond donors (Lipinski definition) is 0. The van der Waals surface area contributed by atoms with Crippen molar-refractivity contribution in [3.8, 4) is 0 Å². The summed E-state index contributed by atoms with van der Waals surface area (Å²) < 4.78 is 3.12. The maximum atomic E-state index is 4.66. The van der Waals surface area contributed by atoms with Crippen LogP contribution in [0, 0.1) is 0 Å². The number of aromatic nitrogens is 2. The highest BCUT2D eigenvalue weighted by molar-refractivity contribution is 9.10. The lowest BCUT2D eigenvalue weighted by Gasteiger charge is -2.21. The summed E-state index contributed by atoms with van der Waals surface area (Å²) in [7, 11) is 4.10. The molecule has 17 heavy (non-hydrogen) atoms. The number of hydrogen-bond acceptors (Lipinski definition) is 2. The third-order valence-corrected chi connectivity index (χ3v) is 3.31. The molecule has 4 heteroatoms. The Morgan fingerprint density at radius 1 is 1.24 bits per heavy atom. The van der Waals surface area contributed by atoms with Gasteiger partial charge in [0.05, 0.1) is 5.52 Å². The minimum absolute atomic E-state index is 0.0149. The highest BCUT2D eigenvalue weighted by Gasteiger charge is 2.23. The molecule has 2 aromatic rings. The fraction of sp³-hybridized carbons (Fsp3) is 0.462. The van der Waals surface area contributed by atoms with Crippen molar-refractivity contribution < 1.29 is 0 Å². The first-order valence-corrected chi connectivity index (χ1v) is 6.46. The van der Waals surface area contributed by atoms with Gasteiger partial charge in [-0.05, 0) is 28.1 Å². The van der Waals surface area contributed by atoms with Crippen molar-refractivity contribution in [2.24, 2.45) is 0 Å². The Kier molecular flexibility index (Phi) is 2.94. The summed E-state index contributed by atoms with van der Waals surface area (Å²) >= 11 is 3.54. The summed E-state index contributed by atoms with van der Waals surface area (Å²) in [5, 5.41) is 0. The van der Waals surface area contributed by atoms with Crippen LogP contribution >= 0.6 is 15.9 Å². The molecular weight excluding hydrogens is 278 g/mol. The van der Waals surface area contributed by atoms with Crippen LogP contribution in [0.3, 0.4) is 0 Å². The van der Waals surface area contributed by atoms with Crippen LogP contribution in [0.5, 0.6) is 0 Å². The zero-order chi connectivity index (χ0) is 12.8. The van der Waals surface area contributed by atoms with Crippen LogP contribution in [0.2, 0.25) is 0 Å². The van der Waals surface area contributed by atoms with Crippen molar-refractivity contribution in [3.63, 3.8) is 0 Å². The Labute approximate surface area is 111 Å². The van der Waals surface area contributed by atoms with Gasteiger partial charge in [-0.25, -0.2) is 4.98 Å². The van der Waals surface area contributed by atoms with Crippen molar-refractivity contribution in [2.75, 3.05) is 19.0 Å². The van der Waals surface area contributed by atoms with Crippen LogP contribution in [0.1, 0.15) is 26.6 Å². The van der Waals surface area contributed by atoms with Gasteiger partial charge in [0.15, 0.2) is 0 Å². The van der Waals surface area contributed by atoms with Crippen LogP contribution < -0.4 is 4.90 Å². The molecule has 2 heterocycles. The quantitative estimate of drug-likeness (QED) is 0.803. The first-order chi connectivity index (χ1) is 7.82. The van der Waals surface area contributed by atoms with Crippen LogP contribution in [-0.4, -0.2) is 23.5 Å². The molecule has 0 radical (unpaired) electrons. The van der Waals surface area contributed by atoms with E-state index in [2.05, 4.69) is 83.3 Å². The standard InChI is InChI=1S/C13H18BrN3/c1-13(2,3)12-15-11(14)9-7-6-8-10(16(4)5)17(9)12/h6-8H,1-5H3. The van der Waals surface area contributed by atoms with Crippen LogP contribution in [0.25, 0.3) is 5.52 Å². The molecule has 92 valence electrons. The molecule has 0 unspecified atom stereocenters. The van der Waals surface area contributed by atoms with Gasteiger partial charge in [-0.2, -0.15) is 0 Å². The second-order valence-electron chi connectivity index (χ2n) is 5.48. The van der Waals surface area contributed by atoms with E-state index >= 15 is 0 Å². The van der Waals surface area contributed by atoms with Crippen molar-refractivity contribution >= 4 is 27.3 Å². The molecule has 0 aliphatic carbocycles. The minimum Gasteiger partial charge on any atom is -0.364 e. The smallest absolute Gasteiger partial charge is 0.132 e. The molecule has 0 saturated heterocycles. The Hall–Kier alpha value is -1.03. The number of anilines is 1. The molecule has 0 aromatic carbocycles. The monoisotopic (exact) mass is 295 g/mol. The van der Waals surface area contributed by atoms with E-state index < -0.39 is 0 Å². The first-order valence-electron chi connectivity index (χ1n) is 5.67. The molecule has 0 atom stereocenters. The van der Waals surface area contributed by atoms with Crippen molar-refractivity contribution in [1.29, 1.82) is 0 Å². The lowest BCUT2D eigenvalue weighted by molar-refractivity contribution is 0.542. The molecule has 0 spiro atoms. The van der Waals surface area contributed by atoms with Gasteiger partial charge in [-0.1, -0.05) is 26.8 Å². The van der Waals surface area contributed by atoms with Crippen LogP contribution in [0.15, 0.2) is 22.8 Å². The maximum absolute atomic E-state index is 4.66. The molecule has 0 aliphatic rings. The average molecular weight is 296 g/mol. The minimum atomic E-state index is 0.0149. The van der Waals surface area contributed by atoms with Crippen LogP contribution in [-0.2, 0) is 5.41 Å². The predicted octanol–water partition coefficient (Wildman–Crippen LogP) is 3.46. The van der Waals surface area contributed by atoms with Gasteiger partial charge < -0.3 is 4.90 Å². The largest absolute Gasteiger partial charge is 0.364 e.